The van der Waals surface area contributed by atoms with Gasteiger partial charge in [0.2, 0.25) is 5.88 Å². The summed E-state index contributed by atoms with van der Waals surface area (Å²) in [5, 5.41) is 14.8. The van der Waals surface area contributed by atoms with Crippen molar-refractivity contribution in [3.63, 3.8) is 0 Å². The number of nitrogens with zero attached hydrogens (tertiary/aromatic N) is 2. The van der Waals surface area contributed by atoms with E-state index in [1.165, 1.54) is 36.5 Å². The van der Waals surface area contributed by atoms with Crippen LogP contribution in [0.2, 0.25) is 0 Å². The van der Waals surface area contributed by atoms with Crippen LogP contribution in [0, 0.1) is 5.82 Å². The van der Waals surface area contributed by atoms with Gasteiger partial charge in [0.1, 0.15) is 11.2 Å². The van der Waals surface area contributed by atoms with E-state index in [9.17, 15) is 19.1 Å². The van der Waals surface area contributed by atoms with E-state index < -0.39 is 23.0 Å². The lowest BCUT2D eigenvalue weighted by molar-refractivity contribution is 0.0947. The van der Waals surface area contributed by atoms with Crippen LogP contribution in [0.3, 0.4) is 0 Å². The van der Waals surface area contributed by atoms with Crippen molar-refractivity contribution in [1.29, 1.82) is 0 Å². The number of benzene rings is 2. The Bertz CT molecular complexity index is 1400. The summed E-state index contributed by atoms with van der Waals surface area (Å²) >= 11 is 0. The number of aromatic amines is 1. The van der Waals surface area contributed by atoms with Crippen LogP contribution < -0.4 is 15.7 Å². The Morgan fingerprint density at radius 2 is 1.94 bits per heavy atom. The van der Waals surface area contributed by atoms with E-state index >= 15 is 0 Å². The van der Waals surface area contributed by atoms with Gasteiger partial charge in [-0.25, -0.2) is 14.8 Å². The van der Waals surface area contributed by atoms with Gasteiger partial charge in [0.05, 0.1) is 18.5 Å². The highest BCUT2D eigenvalue weighted by Crippen LogP contribution is 2.33. The van der Waals surface area contributed by atoms with Crippen LogP contribution in [0.15, 0.2) is 70.6 Å². The molecule has 0 bridgehead atoms. The van der Waals surface area contributed by atoms with Crippen LogP contribution in [0.1, 0.15) is 23.0 Å². The summed E-state index contributed by atoms with van der Waals surface area (Å²) in [7, 11) is 0. The first-order chi connectivity index (χ1) is 16.0. The molecule has 33 heavy (non-hydrogen) atoms. The van der Waals surface area contributed by atoms with Crippen LogP contribution in [0.5, 0.6) is 11.6 Å². The zero-order valence-electron chi connectivity index (χ0n) is 17.5. The summed E-state index contributed by atoms with van der Waals surface area (Å²) in [4.78, 5) is 32.2. The lowest BCUT2D eigenvalue weighted by atomic mass is 10.1. The molecule has 0 aliphatic carbocycles. The third-order valence-electron chi connectivity index (χ3n) is 4.77. The maximum atomic E-state index is 13.0. The second-order valence-corrected chi connectivity index (χ2v) is 6.96. The average Bonchev–Trinajstić information content (AvgIpc) is 2.83. The van der Waals surface area contributed by atoms with Gasteiger partial charge in [0, 0.05) is 10.9 Å². The molecule has 8 nitrogen and oxygen atoms in total. The lowest BCUT2D eigenvalue weighted by Gasteiger charge is -2.12. The zero-order valence-corrected chi connectivity index (χ0v) is 17.5. The molecular formula is C24H19FN4O4. The molecule has 0 spiro atoms. The Hall–Kier alpha value is -4.53. The highest BCUT2D eigenvalue weighted by Gasteiger charge is 2.21. The summed E-state index contributed by atoms with van der Waals surface area (Å²) in [5.74, 6) is -1.63. The number of fused-ring (bicyclic) bond motifs is 1. The number of rotatable bonds is 6. The number of nitrogens with one attached hydrogen (secondary N) is 2. The van der Waals surface area contributed by atoms with Crippen molar-refractivity contribution in [3.05, 3.63) is 88.1 Å². The first-order valence-corrected chi connectivity index (χ1v) is 10.0. The second kappa shape index (κ2) is 9.31. The number of H-pyrrole nitrogens is 1. The van der Waals surface area contributed by atoms with Crippen LogP contribution in [-0.2, 0) is 0 Å². The molecule has 4 rings (SSSR count). The fourth-order valence-electron chi connectivity index (χ4n) is 3.23. The quantitative estimate of drug-likeness (QED) is 0.309. The molecule has 1 amide bonds. The van der Waals surface area contributed by atoms with Crippen molar-refractivity contribution in [2.45, 2.75) is 6.92 Å². The van der Waals surface area contributed by atoms with Gasteiger partial charge in [-0.05, 0) is 30.7 Å². The Balaban J connectivity index is 1.75. The third kappa shape index (κ3) is 4.57. The normalized spacial score (nSPS) is 11.1. The molecule has 166 valence electrons. The van der Waals surface area contributed by atoms with E-state index in [1.807, 2.05) is 30.3 Å². The Morgan fingerprint density at radius 1 is 1.21 bits per heavy atom. The number of hydrogen-bond acceptors (Lipinski definition) is 6. The number of halogens is 1. The van der Waals surface area contributed by atoms with E-state index in [4.69, 9.17) is 4.74 Å². The molecular weight excluding hydrogens is 427 g/mol. The molecule has 0 fully saturated rings. The fourth-order valence-corrected chi connectivity index (χ4v) is 3.23. The standard InChI is InChI=1S/C24H19FN4O4/c1-2-33-24-19-17(12-18(27-24)15-6-4-3-5-7-15)21(30)20(28-22(19)31)23(32)29-26-13-14-8-10-16(25)11-9-14/h3-13,30H,2H2,1H3,(H,28,31)(H,29,32)/b26-13+. The third-order valence-corrected chi connectivity index (χ3v) is 4.77. The number of aromatic nitrogens is 2. The molecule has 0 aliphatic rings. The van der Waals surface area contributed by atoms with Crippen molar-refractivity contribution < 1.29 is 19.0 Å². The zero-order chi connectivity index (χ0) is 23.4. The highest BCUT2D eigenvalue weighted by molar-refractivity contribution is 6.03. The molecule has 0 unspecified atom stereocenters. The van der Waals surface area contributed by atoms with E-state index in [0.29, 0.717) is 11.3 Å². The molecule has 3 N–H and O–H groups in total. The maximum absolute atomic E-state index is 13.0. The van der Waals surface area contributed by atoms with Crippen molar-refractivity contribution in [1.82, 2.24) is 15.4 Å². The number of pyridine rings is 2. The van der Waals surface area contributed by atoms with Gasteiger partial charge in [-0.1, -0.05) is 42.5 Å². The smallest absolute Gasteiger partial charge is 0.291 e. The molecule has 2 heterocycles. The van der Waals surface area contributed by atoms with E-state index in [1.54, 1.807) is 6.92 Å². The van der Waals surface area contributed by atoms with Crippen LogP contribution in [0.25, 0.3) is 22.0 Å². The number of carbonyl (C=O) groups is 1. The van der Waals surface area contributed by atoms with Crippen LogP contribution in [-0.4, -0.2) is 33.8 Å². The monoisotopic (exact) mass is 446 g/mol. The summed E-state index contributed by atoms with van der Waals surface area (Å²) < 4.78 is 18.5. The summed E-state index contributed by atoms with van der Waals surface area (Å²) in [5.41, 5.74) is 2.99. The second-order valence-electron chi connectivity index (χ2n) is 6.96. The van der Waals surface area contributed by atoms with E-state index in [2.05, 4.69) is 20.5 Å². The van der Waals surface area contributed by atoms with Crippen LogP contribution >= 0.6 is 0 Å². The molecule has 0 saturated heterocycles. The van der Waals surface area contributed by atoms with Gasteiger partial charge in [-0.15, -0.1) is 0 Å². The van der Waals surface area contributed by atoms with Crippen molar-refractivity contribution in [2.24, 2.45) is 5.10 Å². The summed E-state index contributed by atoms with van der Waals surface area (Å²) in [6, 6.07) is 16.2. The topological polar surface area (TPSA) is 117 Å². The molecule has 9 heteroatoms. The van der Waals surface area contributed by atoms with Crippen molar-refractivity contribution in [2.75, 3.05) is 6.61 Å². The first-order valence-electron chi connectivity index (χ1n) is 10.0. The molecule has 0 atom stereocenters. The molecule has 4 aromatic rings. The average molecular weight is 446 g/mol. The molecule has 2 aromatic carbocycles. The first kappa shape index (κ1) is 21.7. The van der Waals surface area contributed by atoms with Gasteiger partial charge >= 0.3 is 0 Å². The predicted octanol–water partition coefficient (Wildman–Crippen LogP) is 3.60. The van der Waals surface area contributed by atoms with Gasteiger partial charge < -0.3 is 14.8 Å². The number of hydrogen-bond donors (Lipinski definition) is 3. The van der Waals surface area contributed by atoms with Crippen molar-refractivity contribution in [3.8, 4) is 22.9 Å². The maximum Gasteiger partial charge on any atom is 0.291 e. The Morgan fingerprint density at radius 3 is 2.64 bits per heavy atom. The number of hydrazone groups is 1. The van der Waals surface area contributed by atoms with Gasteiger partial charge in [-0.3, -0.25) is 9.59 Å². The number of carbonyl (C=O) groups excluding carboxylic acids is 1. The molecule has 0 saturated carbocycles. The number of aromatic hydroxyl groups is 1. The Kier molecular flexibility index (Phi) is 6.12. The van der Waals surface area contributed by atoms with Crippen LogP contribution in [0.4, 0.5) is 4.39 Å². The van der Waals surface area contributed by atoms with Gasteiger partial charge in [-0.2, -0.15) is 5.10 Å². The predicted molar refractivity (Wildman–Crippen MR) is 122 cm³/mol. The van der Waals surface area contributed by atoms with Gasteiger partial charge in [0.15, 0.2) is 11.4 Å². The fraction of sp³-hybridized carbons (Fsp3) is 0.0833. The highest BCUT2D eigenvalue weighted by atomic mass is 19.1. The van der Waals surface area contributed by atoms with Crippen molar-refractivity contribution >= 4 is 22.9 Å². The molecule has 2 aromatic heterocycles. The minimum absolute atomic E-state index is 0.0281. The minimum atomic E-state index is -0.833. The minimum Gasteiger partial charge on any atom is -0.505 e. The molecule has 0 radical (unpaired) electrons. The van der Waals surface area contributed by atoms with E-state index in [0.717, 1.165) is 5.56 Å². The Labute approximate surface area is 187 Å². The SMILES string of the molecule is CCOc1nc(-c2ccccc2)cc2c(O)c(C(=O)N/N=C/c3ccc(F)cc3)[nH]c(=O)c12. The summed E-state index contributed by atoms with van der Waals surface area (Å²) in [6.07, 6.45) is 1.30. The molecule has 0 aliphatic heterocycles. The number of ether oxygens (including phenoxy) is 1. The van der Waals surface area contributed by atoms with E-state index in [-0.39, 0.29) is 29.0 Å². The van der Waals surface area contributed by atoms with Gasteiger partial charge in [0.25, 0.3) is 11.5 Å². The largest absolute Gasteiger partial charge is 0.505 e. The summed E-state index contributed by atoms with van der Waals surface area (Å²) in [6.45, 7) is 2.00. The number of amides is 1. The lowest BCUT2D eigenvalue weighted by Crippen LogP contribution is -2.23.